The molecule has 0 amide bonds. The summed E-state index contributed by atoms with van der Waals surface area (Å²) in [5.74, 6) is 0.720. The molecule has 0 aliphatic carbocycles. The molecule has 0 aliphatic rings. The highest BCUT2D eigenvalue weighted by Crippen LogP contribution is 2.29. The fourth-order valence-electron chi connectivity index (χ4n) is 2.24. The van der Waals surface area contributed by atoms with E-state index in [4.69, 9.17) is 4.74 Å². The third-order valence-corrected chi connectivity index (χ3v) is 3.72. The van der Waals surface area contributed by atoms with Crippen LogP contribution in [0.2, 0.25) is 0 Å². The Kier molecular flexibility index (Phi) is 5.34. The Labute approximate surface area is 125 Å². The van der Waals surface area contributed by atoms with Gasteiger partial charge in [-0.2, -0.15) is 0 Å². The third kappa shape index (κ3) is 3.82. The van der Waals surface area contributed by atoms with Crippen molar-refractivity contribution in [2.75, 3.05) is 6.61 Å². The van der Waals surface area contributed by atoms with Crippen LogP contribution >= 0.6 is 0 Å². The summed E-state index contributed by atoms with van der Waals surface area (Å²) in [5, 5.41) is 10.1. The molecular formula is C18H21FO2. The van der Waals surface area contributed by atoms with E-state index in [1.165, 1.54) is 6.07 Å². The summed E-state index contributed by atoms with van der Waals surface area (Å²) in [7, 11) is 0. The second-order valence-corrected chi connectivity index (χ2v) is 5.20. The minimum absolute atomic E-state index is 0.0361. The van der Waals surface area contributed by atoms with Gasteiger partial charge in [-0.05, 0) is 30.0 Å². The first-order valence-electron chi connectivity index (χ1n) is 7.27. The van der Waals surface area contributed by atoms with Gasteiger partial charge in [-0.25, -0.2) is 4.39 Å². The summed E-state index contributed by atoms with van der Waals surface area (Å²) < 4.78 is 19.3. The van der Waals surface area contributed by atoms with Crippen LogP contribution in [-0.4, -0.2) is 11.7 Å². The van der Waals surface area contributed by atoms with Gasteiger partial charge in [0, 0.05) is 5.56 Å². The van der Waals surface area contributed by atoms with E-state index in [1.807, 2.05) is 24.3 Å². The highest BCUT2D eigenvalue weighted by molar-refractivity contribution is 5.36. The normalized spacial score (nSPS) is 13.7. The lowest BCUT2D eigenvalue weighted by atomic mass is 9.98. The van der Waals surface area contributed by atoms with Gasteiger partial charge < -0.3 is 9.84 Å². The number of aliphatic hydroxyl groups is 1. The van der Waals surface area contributed by atoms with Gasteiger partial charge in [-0.1, -0.05) is 50.2 Å². The SMILES string of the molecule is CCC(C)c1ccccc1OCC(O)c1ccccc1F. The number of benzene rings is 2. The zero-order valence-electron chi connectivity index (χ0n) is 12.4. The lowest BCUT2D eigenvalue weighted by molar-refractivity contribution is 0.104. The van der Waals surface area contributed by atoms with Crippen molar-refractivity contribution in [1.29, 1.82) is 0 Å². The van der Waals surface area contributed by atoms with Gasteiger partial charge in [-0.3, -0.25) is 0 Å². The maximum Gasteiger partial charge on any atom is 0.129 e. The standard InChI is InChI=1S/C18H21FO2/c1-3-13(2)14-8-5-7-11-18(14)21-12-17(20)15-9-4-6-10-16(15)19/h4-11,13,17,20H,3,12H2,1-2H3. The second kappa shape index (κ2) is 7.23. The molecule has 0 spiro atoms. The zero-order chi connectivity index (χ0) is 15.2. The van der Waals surface area contributed by atoms with Crippen molar-refractivity contribution in [3.05, 3.63) is 65.5 Å². The molecular weight excluding hydrogens is 267 g/mol. The lowest BCUT2D eigenvalue weighted by Gasteiger charge is -2.18. The molecule has 2 unspecified atom stereocenters. The molecule has 0 fully saturated rings. The van der Waals surface area contributed by atoms with E-state index in [0.29, 0.717) is 5.92 Å². The molecule has 2 atom stereocenters. The molecule has 1 N–H and O–H groups in total. The van der Waals surface area contributed by atoms with E-state index < -0.39 is 11.9 Å². The summed E-state index contributed by atoms with van der Waals surface area (Å²) >= 11 is 0. The topological polar surface area (TPSA) is 29.5 Å². The van der Waals surface area contributed by atoms with Crippen molar-refractivity contribution in [2.24, 2.45) is 0 Å². The molecule has 2 rings (SSSR count). The molecule has 2 aromatic rings. The highest BCUT2D eigenvalue weighted by atomic mass is 19.1. The van der Waals surface area contributed by atoms with Crippen LogP contribution in [0.4, 0.5) is 4.39 Å². The minimum atomic E-state index is -0.976. The van der Waals surface area contributed by atoms with Crippen LogP contribution in [0.15, 0.2) is 48.5 Å². The molecule has 3 heteroatoms. The Morgan fingerprint density at radius 3 is 2.33 bits per heavy atom. The van der Waals surface area contributed by atoms with E-state index >= 15 is 0 Å². The first-order valence-corrected chi connectivity index (χ1v) is 7.27. The van der Waals surface area contributed by atoms with E-state index in [1.54, 1.807) is 18.2 Å². The first kappa shape index (κ1) is 15.5. The van der Waals surface area contributed by atoms with E-state index in [0.717, 1.165) is 17.7 Å². The fourth-order valence-corrected chi connectivity index (χ4v) is 2.24. The monoisotopic (exact) mass is 288 g/mol. The number of para-hydroxylation sites is 1. The Balaban J connectivity index is 2.08. The molecule has 0 radical (unpaired) electrons. The van der Waals surface area contributed by atoms with Crippen LogP contribution in [-0.2, 0) is 0 Å². The lowest BCUT2D eigenvalue weighted by Crippen LogP contribution is -2.12. The molecule has 0 saturated heterocycles. The molecule has 2 aromatic carbocycles. The Bertz CT molecular complexity index is 583. The highest BCUT2D eigenvalue weighted by Gasteiger charge is 2.15. The molecule has 2 nitrogen and oxygen atoms in total. The molecule has 0 aliphatic heterocycles. The average molecular weight is 288 g/mol. The third-order valence-electron chi connectivity index (χ3n) is 3.72. The van der Waals surface area contributed by atoms with E-state index in [-0.39, 0.29) is 12.2 Å². The molecule has 112 valence electrons. The van der Waals surface area contributed by atoms with Gasteiger partial charge in [-0.15, -0.1) is 0 Å². The van der Waals surface area contributed by atoms with Crippen molar-refractivity contribution in [3.63, 3.8) is 0 Å². The summed E-state index contributed by atoms with van der Waals surface area (Å²) in [5.41, 5.74) is 1.37. The van der Waals surface area contributed by atoms with Crippen molar-refractivity contribution in [1.82, 2.24) is 0 Å². The number of hydrogen-bond acceptors (Lipinski definition) is 2. The molecule has 0 bridgehead atoms. The van der Waals surface area contributed by atoms with E-state index in [2.05, 4.69) is 13.8 Å². The Hall–Kier alpha value is -1.87. The van der Waals surface area contributed by atoms with Crippen LogP contribution in [0, 0.1) is 5.82 Å². The number of aliphatic hydroxyl groups excluding tert-OH is 1. The zero-order valence-corrected chi connectivity index (χ0v) is 12.4. The predicted octanol–water partition coefficient (Wildman–Crippen LogP) is 4.45. The van der Waals surface area contributed by atoms with Crippen molar-refractivity contribution in [2.45, 2.75) is 32.3 Å². The van der Waals surface area contributed by atoms with Crippen LogP contribution in [0.25, 0.3) is 0 Å². The maximum atomic E-state index is 13.6. The maximum absolute atomic E-state index is 13.6. The van der Waals surface area contributed by atoms with Gasteiger partial charge >= 0.3 is 0 Å². The summed E-state index contributed by atoms with van der Waals surface area (Å²) in [6, 6.07) is 14.0. The average Bonchev–Trinajstić information content (AvgIpc) is 2.52. The number of ether oxygens (including phenoxy) is 1. The van der Waals surface area contributed by atoms with Crippen LogP contribution in [0.5, 0.6) is 5.75 Å². The predicted molar refractivity (Wildman–Crippen MR) is 82.0 cm³/mol. The number of halogens is 1. The van der Waals surface area contributed by atoms with Gasteiger partial charge in [0.25, 0.3) is 0 Å². The summed E-state index contributed by atoms with van der Waals surface area (Å²) in [6.45, 7) is 4.29. The number of hydrogen-bond donors (Lipinski definition) is 1. The van der Waals surface area contributed by atoms with Crippen molar-refractivity contribution >= 4 is 0 Å². The van der Waals surface area contributed by atoms with Crippen LogP contribution in [0.1, 0.15) is 43.4 Å². The van der Waals surface area contributed by atoms with Crippen LogP contribution < -0.4 is 4.74 Å². The minimum Gasteiger partial charge on any atom is -0.490 e. The van der Waals surface area contributed by atoms with Gasteiger partial charge in [0.05, 0.1) is 0 Å². The van der Waals surface area contributed by atoms with Crippen molar-refractivity contribution < 1.29 is 14.2 Å². The number of rotatable bonds is 6. The van der Waals surface area contributed by atoms with E-state index in [9.17, 15) is 9.50 Å². The Morgan fingerprint density at radius 1 is 1.05 bits per heavy atom. The fraction of sp³-hybridized carbons (Fsp3) is 0.333. The largest absolute Gasteiger partial charge is 0.490 e. The van der Waals surface area contributed by atoms with Gasteiger partial charge in [0.15, 0.2) is 0 Å². The van der Waals surface area contributed by atoms with Crippen molar-refractivity contribution in [3.8, 4) is 5.75 Å². The Morgan fingerprint density at radius 2 is 1.67 bits per heavy atom. The quantitative estimate of drug-likeness (QED) is 0.851. The molecule has 21 heavy (non-hydrogen) atoms. The molecule has 0 aromatic heterocycles. The van der Waals surface area contributed by atoms with Gasteiger partial charge in [0.2, 0.25) is 0 Å². The second-order valence-electron chi connectivity index (χ2n) is 5.20. The summed E-state index contributed by atoms with van der Waals surface area (Å²) in [6.07, 6.45) is 0.0344. The molecule has 0 heterocycles. The molecule has 0 saturated carbocycles. The smallest absolute Gasteiger partial charge is 0.129 e. The first-order chi connectivity index (χ1) is 10.1. The van der Waals surface area contributed by atoms with Gasteiger partial charge in [0.1, 0.15) is 24.3 Å². The summed E-state index contributed by atoms with van der Waals surface area (Å²) in [4.78, 5) is 0. The van der Waals surface area contributed by atoms with Crippen LogP contribution in [0.3, 0.4) is 0 Å².